The molecule has 1 aromatic carbocycles. The van der Waals surface area contributed by atoms with Crippen LogP contribution >= 0.6 is 0 Å². The zero-order chi connectivity index (χ0) is 10.1. The summed E-state index contributed by atoms with van der Waals surface area (Å²) in [7, 11) is 0. The number of rotatable bonds is 1. The first-order valence-electron chi connectivity index (χ1n) is 4.14. The van der Waals surface area contributed by atoms with Crippen LogP contribution in [0.1, 0.15) is 5.82 Å². The standard InChI is InChI=1S/C9H10N4O/c1-5-11-9(13-12-5)6-2-3-7(10)8(14)4-6/h2-4,14H,10H2,1H3,(H,11,12,13). The summed E-state index contributed by atoms with van der Waals surface area (Å²) in [6.45, 7) is 1.81. The molecule has 0 saturated carbocycles. The molecule has 0 aliphatic rings. The molecule has 0 amide bonds. The summed E-state index contributed by atoms with van der Waals surface area (Å²) < 4.78 is 0. The van der Waals surface area contributed by atoms with Crippen LogP contribution in [0.15, 0.2) is 18.2 Å². The Labute approximate surface area is 80.6 Å². The molecule has 0 aliphatic heterocycles. The van der Waals surface area contributed by atoms with Gasteiger partial charge < -0.3 is 10.8 Å². The second kappa shape index (κ2) is 3.02. The van der Waals surface area contributed by atoms with E-state index in [0.717, 1.165) is 11.4 Å². The van der Waals surface area contributed by atoms with Crippen molar-refractivity contribution in [3.05, 3.63) is 24.0 Å². The third kappa shape index (κ3) is 1.39. The first-order valence-corrected chi connectivity index (χ1v) is 4.14. The number of nitrogen functional groups attached to an aromatic ring is 1. The number of aromatic nitrogens is 3. The number of benzene rings is 1. The van der Waals surface area contributed by atoms with Crippen molar-refractivity contribution < 1.29 is 5.11 Å². The zero-order valence-corrected chi connectivity index (χ0v) is 7.65. The van der Waals surface area contributed by atoms with Crippen LogP contribution in [0.25, 0.3) is 11.4 Å². The van der Waals surface area contributed by atoms with Crippen molar-refractivity contribution in [2.24, 2.45) is 0 Å². The van der Waals surface area contributed by atoms with Gasteiger partial charge in [-0.25, -0.2) is 4.98 Å². The number of phenolic OH excluding ortho intramolecular Hbond substituents is 1. The van der Waals surface area contributed by atoms with Gasteiger partial charge in [0.15, 0.2) is 5.82 Å². The molecule has 1 aromatic heterocycles. The second-order valence-corrected chi connectivity index (χ2v) is 3.02. The van der Waals surface area contributed by atoms with E-state index in [9.17, 15) is 5.11 Å². The van der Waals surface area contributed by atoms with Gasteiger partial charge in [-0.2, -0.15) is 5.10 Å². The molecule has 2 aromatic rings. The van der Waals surface area contributed by atoms with Crippen LogP contribution < -0.4 is 5.73 Å². The highest BCUT2D eigenvalue weighted by Crippen LogP contribution is 2.25. The lowest BCUT2D eigenvalue weighted by atomic mass is 10.2. The van der Waals surface area contributed by atoms with Crippen molar-refractivity contribution in [1.29, 1.82) is 0 Å². The van der Waals surface area contributed by atoms with Crippen molar-refractivity contribution in [3.8, 4) is 17.1 Å². The van der Waals surface area contributed by atoms with Gasteiger partial charge in [-0.3, -0.25) is 5.10 Å². The topological polar surface area (TPSA) is 87.8 Å². The van der Waals surface area contributed by atoms with E-state index < -0.39 is 0 Å². The Kier molecular flexibility index (Phi) is 1.85. The first kappa shape index (κ1) is 8.55. The Balaban J connectivity index is 2.47. The maximum absolute atomic E-state index is 9.38. The van der Waals surface area contributed by atoms with Gasteiger partial charge >= 0.3 is 0 Å². The summed E-state index contributed by atoms with van der Waals surface area (Å²) in [4.78, 5) is 4.13. The molecule has 0 radical (unpaired) electrons. The normalized spacial score (nSPS) is 10.4. The molecular weight excluding hydrogens is 180 g/mol. The molecule has 5 nitrogen and oxygen atoms in total. The van der Waals surface area contributed by atoms with Crippen LogP contribution in [0.2, 0.25) is 0 Å². The van der Waals surface area contributed by atoms with Gasteiger partial charge in [-0.1, -0.05) is 0 Å². The Bertz CT molecular complexity index is 464. The molecule has 0 unspecified atom stereocenters. The second-order valence-electron chi connectivity index (χ2n) is 3.02. The summed E-state index contributed by atoms with van der Waals surface area (Å²) in [5.74, 6) is 1.33. The van der Waals surface area contributed by atoms with Crippen molar-refractivity contribution in [1.82, 2.24) is 15.2 Å². The van der Waals surface area contributed by atoms with Crippen molar-refractivity contribution in [3.63, 3.8) is 0 Å². The predicted octanol–water partition coefficient (Wildman–Crippen LogP) is 1.07. The molecule has 5 heteroatoms. The zero-order valence-electron chi connectivity index (χ0n) is 7.65. The van der Waals surface area contributed by atoms with Crippen molar-refractivity contribution in [2.45, 2.75) is 6.92 Å². The number of hydrogen-bond acceptors (Lipinski definition) is 4. The van der Waals surface area contributed by atoms with Gasteiger partial charge in [0.1, 0.15) is 11.6 Å². The van der Waals surface area contributed by atoms with E-state index in [4.69, 9.17) is 5.73 Å². The van der Waals surface area contributed by atoms with Crippen LogP contribution in [-0.2, 0) is 0 Å². The fourth-order valence-corrected chi connectivity index (χ4v) is 1.15. The number of nitrogens with zero attached hydrogens (tertiary/aromatic N) is 2. The number of H-pyrrole nitrogens is 1. The molecule has 0 bridgehead atoms. The lowest BCUT2D eigenvalue weighted by molar-refractivity contribution is 0.478. The van der Waals surface area contributed by atoms with Crippen molar-refractivity contribution >= 4 is 5.69 Å². The van der Waals surface area contributed by atoms with Crippen LogP contribution in [0.3, 0.4) is 0 Å². The van der Waals surface area contributed by atoms with E-state index in [1.54, 1.807) is 12.1 Å². The SMILES string of the molecule is Cc1nc(-c2ccc(N)c(O)c2)n[nH]1. The molecule has 0 atom stereocenters. The molecule has 2 rings (SSSR count). The number of nitrogens with two attached hydrogens (primary N) is 1. The monoisotopic (exact) mass is 190 g/mol. The van der Waals surface area contributed by atoms with E-state index in [2.05, 4.69) is 15.2 Å². The van der Waals surface area contributed by atoms with Crippen LogP contribution in [0.5, 0.6) is 5.75 Å². The fourth-order valence-electron chi connectivity index (χ4n) is 1.15. The fraction of sp³-hybridized carbons (Fsp3) is 0.111. The van der Waals surface area contributed by atoms with Gasteiger partial charge in [0.05, 0.1) is 5.69 Å². The van der Waals surface area contributed by atoms with Gasteiger partial charge in [-0.05, 0) is 25.1 Å². The number of phenols is 1. The van der Waals surface area contributed by atoms with Crippen LogP contribution in [0, 0.1) is 6.92 Å². The highest BCUT2D eigenvalue weighted by molar-refractivity contribution is 5.64. The number of nitrogens with one attached hydrogen (secondary N) is 1. The van der Waals surface area contributed by atoms with Gasteiger partial charge in [0.25, 0.3) is 0 Å². The van der Waals surface area contributed by atoms with E-state index >= 15 is 0 Å². The number of hydrogen-bond donors (Lipinski definition) is 3. The summed E-state index contributed by atoms with van der Waals surface area (Å²) in [6.07, 6.45) is 0. The van der Waals surface area contributed by atoms with E-state index in [1.807, 2.05) is 6.92 Å². The lowest BCUT2D eigenvalue weighted by Gasteiger charge is -1.99. The molecule has 14 heavy (non-hydrogen) atoms. The lowest BCUT2D eigenvalue weighted by Crippen LogP contribution is -1.87. The minimum Gasteiger partial charge on any atom is -0.506 e. The largest absolute Gasteiger partial charge is 0.506 e. The van der Waals surface area contributed by atoms with E-state index in [1.165, 1.54) is 6.07 Å². The van der Waals surface area contributed by atoms with E-state index in [0.29, 0.717) is 11.5 Å². The van der Waals surface area contributed by atoms with Gasteiger partial charge in [0, 0.05) is 5.56 Å². The predicted molar refractivity (Wildman–Crippen MR) is 52.6 cm³/mol. The highest BCUT2D eigenvalue weighted by atomic mass is 16.3. The van der Waals surface area contributed by atoms with Gasteiger partial charge in [0.2, 0.25) is 0 Å². The maximum Gasteiger partial charge on any atom is 0.181 e. The third-order valence-electron chi connectivity index (χ3n) is 1.89. The Hall–Kier alpha value is -2.04. The molecular formula is C9H10N4O. The molecule has 4 N–H and O–H groups in total. The molecule has 0 aliphatic carbocycles. The average Bonchev–Trinajstić information content (AvgIpc) is 2.57. The summed E-state index contributed by atoms with van der Waals surface area (Å²) in [6, 6.07) is 4.92. The first-order chi connectivity index (χ1) is 6.66. The molecule has 0 spiro atoms. The highest BCUT2D eigenvalue weighted by Gasteiger charge is 2.05. The molecule has 72 valence electrons. The number of aromatic hydroxyl groups is 1. The Morgan fingerprint density at radius 2 is 2.21 bits per heavy atom. The van der Waals surface area contributed by atoms with Crippen LogP contribution in [0.4, 0.5) is 5.69 Å². The summed E-state index contributed by atoms with van der Waals surface area (Å²) in [5, 5.41) is 16.1. The minimum atomic E-state index is 0.0463. The Morgan fingerprint density at radius 1 is 1.43 bits per heavy atom. The Morgan fingerprint density at radius 3 is 2.79 bits per heavy atom. The molecule has 1 heterocycles. The number of aryl methyl sites for hydroxylation is 1. The minimum absolute atomic E-state index is 0.0463. The molecule has 0 saturated heterocycles. The number of anilines is 1. The molecule has 0 fully saturated rings. The third-order valence-corrected chi connectivity index (χ3v) is 1.89. The average molecular weight is 190 g/mol. The smallest absolute Gasteiger partial charge is 0.181 e. The maximum atomic E-state index is 9.38. The van der Waals surface area contributed by atoms with Gasteiger partial charge in [-0.15, -0.1) is 0 Å². The summed E-state index contributed by atoms with van der Waals surface area (Å²) in [5.41, 5.74) is 6.56. The quantitative estimate of drug-likeness (QED) is 0.463. The van der Waals surface area contributed by atoms with E-state index in [-0.39, 0.29) is 5.75 Å². The van der Waals surface area contributed by atoms with Crippen molar-refractivity contribution in [2.75, 3.05) is 5.73 Å². The number of aromatic amines is 1. The van der Waals surface area contributed by atoms with Crippen LogP contribution in [-0.4, -0.2) is 20.3 Å². The summed E-state index contributed by atoms with van der Waals surface area (Å²) >= 11 is 0.